The van der Waals surface area contributed by atoms with Crippen LogP contribution >= 0.6 is 0 Å². The number of ether oxygens (including phenoxy) is 2. The van der Waals surface area contributed by atoms with Gasteiger partial charge in [-0.1, -0.05) is 24.3 Å². The number of aliphatic hydroxyl groups is 1. The lowest BCUT2D eigenvalue weighted by molar-refractivity contribution is -0.172. The zero-order chi connectivity index (χ0) is 33.6. The van der Waals surface area contributed by atoms with E-state index in [0.717, 1.165) is 49.8 Å². The minimum absolute atomic E-state index is 0.0252. The average molecular weight is 654 g/mol. The number of aryl methyl sites for hydroxylation is 1. The van der Waals surface area contributed by atoms with E-state index in [1.807, 2.05) is 58.3 Å². The fourth-order valence-corrected chi connectivity index (χ4v) is 8.88. The number of para-hydroxylation sites is 1. The van der Waals surface area contributed by atoms with Gasteiger partial charge in [0.05, 0.1) is 24.2 Å². The number of H-pyrrole nitrogens is 1. The van der Waals surface area contributed by atoms with Gasteiger partial charge in [-0.3, -0.25) is 14.6 Å². The largest absolute Gasteiger partial charge is 0.507 e. The number of aromatic nitrogens is 1. The lowest BCUT2D eigenvalue weighted by Gasteiger charge is -2.60. The number of benzene rings is 3. The standard InChI is InChI=1S/C37H43N5O6/c1-17-10-20-12-27-37(46)42-26(31(41(27)5)29(20)33(44)18(17)2)13-23-30(35-34(47-16-48-35)19(3)32(23)43)28(42)15-40-36(45)25(38-4)11-21-14-39-24-9-7-6-8-22(21)24/h6-10,14,25-28,31,37-39,43-44,46H,11-13,15-16H2,1-5H3,(H,40,45)/t25-,26?,27-,28-,31-,37-/m0/s1. The van der Waals surface area contributed by atoms with Crippen molar-refractivity contribution in [3.8, 4) is 23.0 Å². The minimum Gasteiger partial charge on any atom is -0.507 e. The molecule has 6 atom stereocenters. The fourth-order valence-electron chi connectivity index (χ4n) is 8.88. The van der Waals surface area contributed by atoms with Gasteiger partial charge in [-0.25, -0.2) is 0 Å². The summed E-state index contributed by atoms with van der Waals surface area (Å²) < 4.78 is 11.9. The number of hydrogen-bond acceptors (Lipinski definition) is 9. The smallest absolute Gasteiger partial charge is 0.237 e. The molecule has 1 unspecified atom stereocenters. The fraction of sp³-hybridized carbons (Fsp3) is 0.432. The van der Waals surface area contributed by atoms with Crippen LogP contribution in [0, 0.1) is 20.8 Å². The second-order valence-corrected chi connectivity index (χ2v) is 13.9. The Hall–Kier alpha value is -4.29. The number of phenols is 2. The van der Waals surface area contributed by atoms with Crippen LogP contribution in [0.2, 0.25) is 0 Å². The Kier molecular flexibility index (Phi) is 7.37. The number of aliphatic hydroxyl groups excluding tert-OH is 1. The Labute approximate surface area is 279 Å². The molecule has 11 heteroatoms. The molecule has 3 aromatic carbocycles. The molecule has 0 aliphatic carbocycles. The first-order valence-electron chi connectivity index (χ1n) is 16.7. The van der Waals surface area contributed by atoms with Crippen LogP contribution in [0.15, 0.2) is 36.5 Å². The van der Waals surface area contributed by atoms with Gasteiger partial charge in [0.25, 0.3) is 0 Å². The number of piperazine rings is 1. The van der Waals surface area contributed by atoms with Crippen molar-refractivity contribution in [3.63, 3.8) is 0 Å². The molecule has 4 aromatic rings. The van der Waals surface area contributed by atoms with Crippen molar-refractivity contribution in [2.24, 2.45) is 0 Å². The van der Waals surface area contributed by atoms with Gasteiger partial charge in [0.1, 0.15) is 17.7 Å². The monoisotopic (exact) mass is 653 g/mol. The van der Waals surface area contributed by atoms with Crippen molar-refractivity contribution in [2.45, 2.75) is 76.5 Å². The van der Waals surface area contributed by atoms with Gasteiger partial charge in [0.15, 0.2) is 11.5 Å². The molecule has 0 saturated carbocycles. The molecular weight excluding hydrogens is 610 g/mol. The second kappa shape index (κ2) is 11.4. The molecule has 1 aromatic heterocycles. The minimum atomic E-state index is -0.893. The van der Waals surface area contributed by atoms with Crippen LogP contribution in [-0.4, -0.2) is 87.8 Å². The van der Waals surface area contributed by atoms with E-state index in [0.29, 0.717) is 36.3 Å². The zero-order valence-electron chi connectivity index (χ0n) is 27.9. The highest BCUT2D eigenvalue weighted by Gasteiger charge is 2.56. The summed E-state index contributed by atoms with van der Waals surface area (Å²) in [5.41, 5.74) is 7.88. The Morgan fingerprint density at radius 1 is 1.04 bits per heavy atom. The molecule has 1 saturated heterocycles. The normalized spacial score (nSPS) is 25.0. The van der Waals surface area contributed by atoms with E-state index in [1.54, 1.807) is 7.05 Å². The third kappa shape index (κ3) is 4.44. The molecule has 48 heavy (non-hydrogen) atoms. The first-order chi connectivity index (χ1) is 23.1. The van der Waals surface area contributed by atoms with Gasteiger partial charge in [-0.15, -0.1) is 0 Å². The quantitative estimate of drug-likeness (QED) is 0.185. The molecule has 252 valence electrons. The molecule has 8 rings (SSSR count). The van der Waals surface area contributed by atoms with E-state index in [9.17, 15) is 20.1 Å². The van der Waals surface area contributed by atoms with Crippen molar-refractivity contribution < 1.29 is 29.6 Å². The Morgan fingerprint density at radius 2 is 1.81 bits per heavy atom. The number of aromatic amines is 1. The molecule has 6 N–H and O–H groups in total. The predicted octanol–water partition coefficient (Wildman–Crippen LogP) is 3.38. The number of hydrogen-bond donors (Lipinski definition) is 6. The highest BCUT2D eigenvalue weighted by Crippen LogP contribution is 2.57. The van der Waals surface area contributed by atoms with E-state index >= 15 is 0 Å². The maximum atomic E-state index is 13.9. The van der Waals surface area contributed by atoms with Crippen molar-refractivity contribution in [1.82, 2.24) is 25.4 Å². The lowest BCUT2D eigenvalue weighted by Crippen LogP contribution is -2.69. The van der Waals surface area contributed by atoms with Crippen LogP contribution in [0.5, 0.6) is 23.0 Å². The van der Waals surface area contributed by atoms with Crippen molar-refractivity contribution >= 4 is 16.8 Å². The SMILES string of the molecule is CN[C@@H](Cc1c[nH]c2ccccc12)C(=O)NC[C@H]1c2c(c(O)c(C)c3c2OCO3)CC2[C@H]3c4c(cc(C)c(C)c4O)C[C@@H]([C@H](O)N21)N3C. The van der Waals surface area contributed by atoms with Gasteiger partial charge < -0.3 is 40.4 Å². The summed E-state index contributed by atoms with van der Waals surface area (Å²) in [6, 6.07) is 8.29. The van der Waals surface area contributed by atoms with Gasteiger partial charge in [0.2, 0.25) is 12.7 Å². The number of fused-ring (bicyclic) bond motifs is 10. The molecule has 11 nitrogen and oxygen atoms in total. The second-order valence-electron chi connectivity index (χ2n) is 13.9. The Morgan fingerprint density at radius 3 is 2.60 bits per heavy atom. The summed E-state index contributed by atoms with van der Waals surface area (Å²) in [6.45, 7) is 5.95. The van der Waals surface area contributed by atoms with Gasteiger partial charge >= 0.3 is 0 Å². The highest BCUT2D eigenvalue weighted by molar-refractivity contribution is 5.86. The van der Waals surface area contributed by atoms with Gasteiger partial charge in [-0.2, -0.15) is 0 Å². The molecule has 2 bridgehead atoms. The zero-order valence-corrected chi connectivity index (χ0v) is 27.9. The van der Waals surface area contributed by atoms with Crippen molar-refractivity contribution in [2.75, 3.05) is 27.4 Å². The number of carbonyl (C=O) groups is 1. The number of nitrogens with zero attached hydrogens (tertiary/aromatic N) is 2. The summed E-state index contributed by atoms with van der Waals surface area (Å²) >= 11 is 0. The molecule has 1 fully saturated rings. The number of aromatic hydroxyl groups is 2. The Balaban J connectivity index is 1.19. The van der Waals surface area contributed by atoms with Crippen LogP contribution < -0.4 is 20.1 Å². The number of amides is 1. The summed E-state index contributed by atoms with van der Waals surface area (Å²) in [5, 5.41) is 42.9. The molecular formula is C37H43N5O6. The van der Waals surface area contributed by atoms with Crippen molar-refractivity contribution in [1.29, 1.82) is 0 Å². The van der Waals surface area contributed by atoms with Crippen LogP contribution in [0.4, 0.5) is 0 Å². The van der Waals surface area contributed by atoms with Crippen LogP contribution in [0.1, 0.15) is 56.6 Å². The summed E-state index contributed by atoms with van der Waals surface area (Å²) in [7, 11) is 3.79. The van der Waals surface area contributed by atoms with Crippen LogP contribution in [-0.2, 0) is 24.1 Å². The molecule has 0 radical (unpaired) electrons. The van der Waals surface area contributed by atoms with Gasteiger partial charge in [-0.05, 0) is 82.4 Å². The highest BCUT2D eigenvalue weighted by atomic mass is 16.7. The van der Waals surface area contributed by atoms with Crippen LogP contribution in [0.3, 0.4) is 0 Å². The Bertz CT molecular complexity index is 1960. The average Bonchev–Trinajstić information content (AvgIpc) is 3.74. The molecule has 5 heterocycles. The summed E-state index contributed by atoms with van der Waals surface area (Å²) in [4.78, 5) is 21.5. The predicted molar refractivity (Wildman–Crippen MR) is 180 cm³/mol. The molecule has 0 spiro atoms. The van der Waals surface area contributed by atoms with Crippen LogP contribution in [0.25, 0.3) is 10.9 Å². The number of phenolic OH excluding ortho intramolecular Hbond substituents is 2. The third-order valence-electron chi connectivity index (χ3n) is 11.5. The van der Waals surface area contributed by atoms with E-state index < -0.39 is 18.3 Å². The maximum Gasteiger partial charge on any atom is 0.237 e. The van der Waals surface area contributed by atoms with E-state index in [4.69, 9.17) is 9.47 Å². The topological polar surface area (TPSA) is 143 Å². The number of likely N-dealkylation sites (N-methyl/N-ethyl adjacent to an activating group) is 2. The molecule has 1 amide bonds. The van der Waals surface area contributed by atoms with E-state index in [-0.39, 0.29) is 48.9 Å². The summed E-state index contributed by atoms with van der Waals surface area (Å²) in [5.74, 6) is 1.29. The first kappa shape index (κ1) is 31.0. The number of rotatable bonds is 6. The van der Waals surface area contributed by atoms with Gasteiger partial charge in [0, 0.05) is 51.9 Å². The first-order valence-corrected chi connectivity index (χ1v) is 16.7. The summed E-state index contributed by atoms with van der Waals surface area (Å²) in [6.07, 6.45) is 2.52. The maximum absolute atomic E-state index is 13.9. The van der Waals surface area contributed by atoms with E-state index in [1.165, 1.54) is 0 Å². The van der Waals surface area contributed by atoms with Crippen molar-refractivity contribution in [3.05, 3.63) is 81.0 Å². The number of carbonyl (C=O) groups excluding carboxylic acids is 1. The third-order valence-corrected chi connectivity index (χ3v) is 11.5. The lowest BCUT2D eigenvalue weighted by atomic mass is 9.73. The number of nitrogens with one attached hydrogen (secondary N) is 3. The molecule has 4 aliphatic rings. The van der Waals surface area contributed by atoms with E-state index in [2.05, 4.69) is 31.5 Å². The molecule has 4 aliphatic heterocycles.